The third-order valence-corrected chi connectivity index (χ3v) is 7.21. The zero-order valence-electron chi connectivity index (χ0n) is 12.9. The minimum absolute atomic E-state index is 0.115. The molecule has 3 saturated heterocycles. The molecule has 0 aromatic carbocycles. The first-order chi connectivity index (χ1) is 10.7. The Morgan fingerprint density at radius 3 is 1.68 bits per heavy atom. The van der Waals surface area contributed by atoms with E-state index in [9.17, 15) is 9.59 Å². The number of hydrogen-bond donors (Lipinski definition) is 0. The Balaban J connectivity index is 1.67. The lowest BCUT2D eigenvalue weighted by Gasteiger charge is -2.42. The van der Waals surface area contributed by atoms with Crippen LogP contribution in [0.25, 0.3) is 0 Å². The van der Waals surface area contributed by atoms with Crippen LogP contribution in [0.15, 0.2) is 0 Å². The molecule has 0 spiro atoms. The van der Waals surface area contributed by atoms with Crippen LogP contribution in [0.4, 0.5) is 0 Å². The van der Waals surface area contributed by atoms with Gasteiger partial charge in [0.25, 0.3) is 0 Å². The summed E-state index contributed by atoms with van der Waals surface area (Å²) in [5.74, 6) is 1.32. The summed E-state index contributed by atoms with van der Waals surface area (Å²) in [5.41, 5.74) is 0. The van der Waals surface area contributed by atoms with Crippen LogP contribution in [0.2, 0.25) is 0 Å². The molecular weight excluding hydrogens is 324 g/mol. The number of ether oxygens (including phenoxy) is 2. The molecule has 3 rings (SSSR count). The van der Waals surface area contributed by atoms with Gasteiger partial charge in [-0.2, -0.15) is 0 Å². The molecule has 0 amide bonds. The van der Waals surface area contributed by atoms with Gasteiger partial charge in [0.1, 0.15) is 12.1 Å². The van der Waals surface area contributed by atoms with Crippen molar-refractivity contribution in [3.05, 3.63) is 0 Å². The zero-order valence-corrected chi connectivity index (χ0v) is 14.5. The Kier molecular flexibility index (Phi) is 5.21. The molecule has 0 unspecified atom stereocenters. The van der Waals surface area contributed by atoms with Crippen LogP contribution >= 0.6 is 23.5 Å². The minimum atomic E-state index is -0.139. The van der Waals surface area contributed by atoms with Crippen LogP contribution in [-0.4, -0.2) is 82.4 Å². The number of rotatable bonds is 4. The topological polar surface area (TPSA) is 59.1 Å². The molecular formula is C14H22N2O4S2. The quantitative estimate of drug-likeness (QED) is 0.687. The number of fused-ring (bicyclic) bond motifs is 3. The molecule has 4 atom stereocenters. The maximum absolute atomic E-state index is 12.1. The second-order valence-electron chi connectivity index (χ2n) is 5.46. The van der Waals surface area contributed by atoms with Crippen LogP contribution in [0, 0.1) is 0 Å². The van der Waals surface area contributed by atoms with Gasteiger partial charge in [0, 0.05) is 24.6 Å². The smallest absolute Gasteiger partial charge is 0.324 e. The zero-order chi connectivity index (χ0) is 15.7. The SMILES string of the molecule is CCOC(=O)[C@@H]1CS[C@H]2[C@@H]3SC[C@@H](C(=O)OCC)N3CCN12. The van der Waals surface area contributed by atoms with Gasteiger partial charge in [-0.15, -0.1) is 23.5 Å². The van der Waals surface area contributed by atoms with E-state index < -0.39 is 0 Å². The number of carbonyl (C=O) groups excluding carboxylic acids is 2. The average molecular weight is 346 g/mol. The Morgan fingerprint density at radius 2 is 1.32 bits per heavy atom. The lowest BCUT2D eigenvalue weighted by Crippen LogP contribution is -2.59. The highest BCUT2D eigenvalue weighted by Gasteiger charge is 2.52. The molecule has 0 aliphatic carbocycles. The second kappa shape index (κ2) is 6.98. The molecule has 6 nitrogen and oxygen atoms in total. The van der Waals surface area contributed by atoms with Crippen molar-refractivity contribution in [1.29, 1.82) is 0 Å². The highest BCUT2D eigenvalue weighted by molar-refractivity contribution is 8.04. The van der Waals surface area contributed by atoms with Crippen LogP contribution in [-0.2, 0) is 19.1 Å². The molecule has 22 heavy (non-hydrogen) atoms. The van der Waals surface area contributed by atoms with E-state index in [0.717, 1.165) is 24.6 Å². The van der Waals surface area contributed by atoms with Crippen molar-refractivity contribution >= 4 is 35.5 Å². The van der Waals surface area contributed by atoms with E-state index in [0.29, 0.717) is 13.2 Å². The van der Waals surface area contributed by atoms with Gasteiger partial charge in [-0.3, -0.25) is 19.4 Å². The third-order valence-electron chi connectivity index (χ3n) is 4.28. The molecule has 3 fully saturated rings. The maximum Gasteiger partial charge on any atom is 0.324 e. The Bertz CT molecular complexity index is 411. The first-order valence-electron chi connectivity index (χ1n) is 7.75. The molecule has 0 saturated carbocycles. The van der Waals surface area contributed by atoms with Crippen LogP contribution < -0.4 is 0 Å². The van der Waals surface area contributed by atoms with Crippen LogP contribution in [0.3, 0.4) is 0 Å². The molecule has 0 aromatic rings. The summed E-state index contributed by atoms with van der Waals surface area (Å²) in [6.07, 6.45) is 0. The van der Waals surface area contributed by atoms with E-state index in [2.05, 4.69) is 9.80 Å². The first-order valence-corrected chi connectivity index (χ1v) is 9.85. The summed E-state index contributed by atoms with van der Waals surface area (Å²) in [7, 11) is 0. The number of hydrogen-bond acceptors (Lipinski definition) is 8. The standard InChI is InChI=1S/C14H22N2O4S2/c1-3-19-13(17)9-7-21-11-12-16(6-5-15(9)11)10(8-22-12)14(18)20-4-2/h9-12H,3-8H2,1-2H3/t9-,10-,11-,12-/m0/s1. The fraction of sp³-hybridized carbons (Fsp3) is 0.857. The normalized spacial score (nSPS) is 35.0. The summed E-state index contributed by atoms with van der Waals surface area (Å²) in [4.78, 5) is 28.7. The molecule has 3 aliphatic heterocycles. The van der Waals surface area contributed by atoms with Crippen molar-refractivity contribution in [2.24, 2.45) is 0 Å². The van der Waals surface area contributed by atoms with Crippen LogP contribution in [0.1, 0.15) is 13.8 Å². The molecule has 124 valence electrons. The van der Waals surface area contributed by atoms with Gasteiger partial charge < -0.3 is 9.47 Å². The monoisotopic (exact) mass is 346 g/mol. The summed E-state index contributed by atoms with van der Waals surface area (Å²) >= 11 is 3.61. The van der Waals surface area contributed by atoms with Crippen molar-refractivity contribution in [2.45, 2.75) is 36.7 Å². The van der Waals surface area contributed by atoms with Gasteiger partial charge in [0.2, 0.25) is 0 Å². The number of thioether (sulfide) groups is 2. The highest BCUT2D eigenvalue weighted by atomic mass is 32.2. The number of carbonyl (C=O) groups is 2. The van der Waals surface area contributed by atoms with E-state index in [1.807, 2.05) is 13.8 Å². The molecule has 0 bridgehead atoms. The van der Waals surface area contributed by atoms with Gasteiger partial charge in [-0.25, -0.2) is 0 Å². The molecule has 0 aromatic heterocycles. The van der Waals surface area contributed by atoms with E-state index >= 15 is 0 Å². The third kappa shape index (κ3) is 2.86. The van der Waals surface area contributed by atoms with E-state index in [1.54, 1.807) is 23.5 Å². The van der Waals surface area contributed by atoms with Crippen LogP contribution in [0.5, 0.6) is 0 Å². The molecule has 3 aliphatic rings. The van der Waals surface area contributed by atoms with Gasteiger partial charge in [0.15, 0.2) is 0 Å². The minimum Gasteiger partial charge on any atom is -0.465 e. The summed E-state index contributed by atoms with van der Waals surface area (Å²) in [6.45, 7) is 6.13. The predicted molar refractivity (Wildman–Crippen MR) is 86.7 cm³/mol. The molecule has 0 N–H and O–H groups in total. The van der Waals surface area contributed by atoms with E-state index in [-0.39, 0.29) is 34.8 Å². The Hall–Kier alpha value is -0.440. The van der Waals surface area contributed by atoms with Gasteiger partial charge in [-0.05, 0) is 13.8 Å². The van der Waals surface area contributed by atoms with E-state index in [4.69, 9.17) is 9.47 Å². The van der Waals surface area contributed by atoms with Crippen molar-refractivity contribution in [3.8, 4) is 0 Å². The average Bonchev–Trinajstić information content (AvgIpc) is 3.11. The lowest BCUT2D eigenvalue weighted by molar-refractivity contribution is -0.152. The fourth-order valence-corrected chi connectivity index (χ4v) is 6.71. The molecule has 0 radical (unpaired) electrons. The van der Waals surface area contributed by atoms with Gasteiger partial charge in [-0.1, -0.05) is 0 Å². The van der Waals surface area contributed by atoms with Crippen molar-refractivity contribution in [2.75, 3.05) is 37.8 Å². The van der Waals surface area contributed by atoms with Crippen molar-refractivity contribution in [3.63, 3.8) is 0 Å². The summed E-state index contributed by atoms with van der Waals surface area (Å²) < 4.78 is 10.4. The van der Waals surface area contributed by atoms with Gasteiger partial charge >= 0.3 is 11.9 Å². The van der Waals surface area contributed by atoms with Crippen molar-refractivity contribution < 1.29 is 19.1 Å². The lowest BCUT2D eigenvalue weighted by atomic mass is 10.2. The number of piperazine rings is 1. The summed E-state index contributed by atoms with van der Waals surface area (Å²) in [5, 5.41) is 0.514. The van der Waals surface area contributed by atoms with Crippen molar-refractivity contribution in [1.82, 2.24) is 9.80 Å². The second-order valence-corrected chi connectivity index (χ2v) is 7.76. The number of nitrogens with zero attached hydrogens (tertiary/aromatic N) is 2. The maximum atomic E-state index is 12.1. The Morgan fingerprint density at radius 1 is 0.909 bits per heavy atom. The largest absolute Gasteiger partial charge is 0.465 e. The summed E-state index contributed by atoms with van der Waals surface area (Å²) in [6, 6.07) is -0.279. The Labute approximate surface area is 139 Å². The van der Waals surface area contributed by atoms with Gasteiger partial charge in [0.05, 0.1) is 24.0 Å². The first kappa shape index (κ1) is 16.4. The highest BCUT2D eigenvalue weighted by Crippen LogP contribution is 2.44. The molecule has 3 heterocycles. The fourth-order valence-electron chi connectivity index (χ4n) is 3.29. The number of esters is 2. The molecule has 8 heteroatoms. The van der Waals surface area contributed by atoms with E-state index in [1.165, 1.54) is 0 Å². The predicted octanol–water partition coefficient (Wildman–Crippen LogP) is 0.613.